The predicted molar refractivity (Wildman–Crippen MR) is 72.1 cm³/mol. The van der Waals surface area contributed by atoms with Gasteiger partial charge in [-0.25, -0.2) is 0 Å². The van der Waals surface area contributed by atoms with Gasteiger partial charge in [0.15, 0.2) is 0 Å². The van der Waals surface area contributed by atoms with E-state index in [-0.39, 0.29) is 0 Å². The van der Waals surface area contributed by atoms with Gasteiger partial charge in [0.1, 0.15) is 0 Å². The van der Waals surface area contributed by atoms with Crippen molar-refractivity contribution in [2.75, 3.05) is 44.5 Å². The van der Waals surface area contributed by atoms with Crippen LogP contribution in [0.4, 0.5) is 11.4 Å². The lowest BCUT2D eigenvalue weighted by atomic mass is 10.2. The summed E-state index contributed by atoms with van der Waals surface area (Å²) < 4.78 is 10.2. The number of benzene rings is 1. The number of nitrogen functional groups attached to an aromatic ring is 1. The number of methoxy groups -OCH3 is 1. The van der Waals surface area contributed by atoms with Crippen LogP contribution in [0.15, 0.2) is 12.1 Å². The Morgan fingerprint density at radius 1 is 1.18 bits per heavy atom. The number of anilines is 2. The maximum atomic E-state index is 5.89. The van der Waals surface area contributed by atoms with Gasteiger partial charge in [-0.1, -0.05) is 23.2 Å². The van der Waals surface area contributed by atoms with Crippen LogP contribution < -0.4 is 11.1 Å². The minimum atomic E-state index is 0.450. The van der Waals surface area contributed by atoms with Crippen LogP contribution in [0.5, 0.6) is 0 Å². The lowest BCUT2D eigenvalue weighted by Gasteiger charge is -2.10. The molecule has 0 aromatic heterocycles. The molecule has 0 radical (unpaired) electrons. The average molecular weight is 279 g/mol. The van der Waals surface area contributed by atoms with Crippen LogP contribution in [-0.2, 0) is 9.47 Å². The summed E-state index contributed by atoms with van der Waals surface area (Å²) in [4.78, 5) is 0. The van der Waals surface area contributed by atoms with Gasteiger partial charge in [-0.05, 0) is 12.1 Å². The summed E-state index contributed by atoms with van der Waals surface area (Å²) in [6, 6.07) is 3.33. The molecule has 0 spiro atoms. The minimum absolute atomic E-state index is 0.450. The van der Waals surface area contributed by atoms with Crippen molar-refractivity contribution in [3.05, 3.63) is 22.2 Å². The van der Waals surface area contributed by atoms with Crippen LogP contribution in [0.2, 0.25) is 10.0 Å². The molecule has 0 aliphatic heterocycles. The lowest BCUT2D eigenvalue weighted by Crippen LogP contribution is -2.12. The first-order chi connectivity index (χ1) is 8.15. The van der Waals surface area contributed by atoms with E-state index < -0.39 is 0 Å². The molecule has 1 rings (SSSR count). The highest BCUT2D eigenvalue weighted by Crippen LogP contribution is 2.30. The van der Waals surface area contributed by atoms with E-state index in [2.05, 4.69) is 5.32 Å². The summed E-state index contributed by atoms with van der Waals surface area (Å²) in [7, 11) is 1.64. The van der Waals surface area contributed by atoms with Crippen molar-refractivity contribution in [2.24, 2.45) is 0 Å². The molecule has 6 heteroatoms. The van der Waals surface area contributed by atoms with E-state index in [1.54, 1.807) is 19.2 Å². The van der Waals surface area contributed by atoms with E-state index >= 15 is 0 Å². The Morgan fingerprint density at radius 3 is 2.59 bits per heavy atom. The second-order valence-electron chi connectivity index (χ2n) is 3.39. The summed E-state index contributed by atoms with van der Waals surface area (Å²) in [6.45, 7) is 2.39. The number of rotatable bonds is 7. The second kappa shape index (κ2) is 7.61. The smallest absolute Gasteiger partial charge is 0.0701 e. The van der Waals surface area contributed by atoms with Gasteiger partial charge in [-0.2, -0.15) is 0 Å². The molecule has 96 valence electrons. The van der Waals surface area contributed by atoms with Crippen molar-refractivity contribution in [2.45, 2.75) is 0 Å². The Morgan fingerprint density at radius 2 is 1.88 bits per heavy atom. The Balaban J connectivity index is 2.34. The summed E-state index contributed by atoms with van der Waals surface area (Å²) in [5.74, 6) is 0. The molecule has 0 bridgehead atoms. The van der Waals surface area contributed by atoms with Gasteiger partial charge in [-0.3, -0.25) is 0 Å². The van der Waals surface area contributed by atoms with Crippen LogP contribution in [0, 0.1) is 0 Å². The highest BCUT2D eigenvalue weighted by atomic mass is 35.5. The average Bonchev–Trinajstić information content (AvgIpc) is 2.30. The Kier molecular flexibility index (Phi) is 6.44. The first-order valence-corrected chi connectivity index (χ1v) is 5.96. The topological polar surface area (TPSA) is 56.5 Å². The number of nitrogens with two attached hydrogens (primary N) is 1. The van der Waals surface area contributed by atoms with Crippen LogP contribution in [-0.4, -0.2) is 33.5 Å². The fraction of sp³-hybridized carbons (Fsp3) is 0.455. The molecule has 0 saturated heterocycles. The molecule has 1 aromatic rings. The number of hydrogen-bond acceptors (Lipinski definition) is 4. The van der Waals surface area contributed by atoms with Crippen LogP contribution in [0.25, 0.3) is 0 Å². The normalized spacial score (nSPS) is 10.5. The van der Waals surface area contributed by atoms with Gasteiger partial charge in [0, 0.05) is 13.7 Å². The molecule has 4 nitrogen and oxygen atoms in total. The Labute approximate surface area is 111 Å². The molecule has 0 unspecified atom stereocenters. The predicted octanol–water partition coefficient (Wildman–Crippen LogP) is 2.65. The number of ether oxygens (including phenoxy) is 2. The SMILES string of the molecule is COCCOCCNc1cc(Cl)c(Cl)cc1N. The van der Waals surface area contributed by atoms with Crippen molar-refractivity contribution < 1.29 is 9.47 Å². The van der Waals surface area contributed by atoms with Crippen molar-refractivity contribution in [3.63, 3.8) is 0 Å². The summed E-state index contributed by atoms with van der Waals surface area (Å²) in [6.07, 6.45) is 0. The minimum Gasteiger partial charge on any atom is -0.397 e. The molecule has 17 heavy (non-hydrogen) atoms. The zero-order valence-corrected chi connectivity index (χ0v) is 11.1. The molecule has 0 aliphatic rings. The fourth-order valence-electron chi connectivity index (χ4n) is 1.22. The molecule has 0 amide bonds. The van der Waals surface area contributed by atoms with E-state index in [9.17, 15) is 0 Å². The van der Waals surface area contributed by atoms with Gasteiger partial charge in [0.05, 0.1) is 41.2 Å². The largest absolute Gasteiger partial charge is 0.397 e. The van der Waals surface area contributed by atoms with E-state index in [1.165, 1.54) is 0 Å². The molecule has 0 aliphatic carbocycles. The number of halogens is 2. The van der Waals surface area contributed by atoms with Crippen molar-refractivity contribution >= 4 is 34.6 Å². The molecule has 0 atom stereocenters. The van der Waals surface area contributed by atoms with Gasteiger partial charge in [-0.15, -0.1) is 0 Å². The molecule has 0 saturated carbocycles. The number of nitrogens with one attached hydrogen (secondary N) is 1. The third-order valence-corrected chi connectivity index (χ3v) is 2.81. The molecular formula is C11H16Cl2N2O2. The lowest BCUT2D eigenvalue weighted by molar-refractivity contribution is 0.0759. The zero-order valence-electron chi connectivity index (χ0n) is 9.63. The van der Waals surface area contributed by atoms with E-state index in [0.717, 1.165) is 5.69 Å². The van der Waals surface area contributed by atoms with Crippen molar-refractivity contribution in [1.29, 1.82) is 0 Å². The first-order valence-electron chi connectivity index (χ1n) is 5.20. The second-order valence-corrected chi connectivity index (χ2v) is 4.20. The fourth-order valence-corrected chi connectivity index (χ4v) is 1.55. The third kappa shape index (κ3) is 5.00. The first kappa shape index (κ1) is 14.4. The van der Waals surface area contributed by atoms with Crippen molar-refractivity contribution in [3.8, 4) is 0 Å². The number of hydrogen-bond donors (Lipinski definition) is 2. The summed E-state index contributed by atoms with van der Waals surface area (Å²) in [5.41, 5.74) is 7.11. The zero-order chi connectivity index (χ0) is 12.7. The maximum Gasteiger partial charge on any atom is 0.0701 e. The van der Waals surface area contributed by atoms with Crippen LogP contribution >= 0.6 is 23.2 Å². The molecule has 0 heterocycles. The van der Waals surface area contributed by atoms with Gasteiger partial charge in [0.2, 0.25) is 0 Å². The van der Waals surface area contributed by atoms with E-state index in [4.69, 9.17) is 38.4 Å². The highest BCUT2D eigenvalue weighted by molar-refractivity contribution is 6.42. The Bertz CT molecular complexity index is 362. The molecule has 3 N–H and O–H groups in total. The highest BCUT2D eigenvalue weighted by Gasteiger charge is 2.04. The molecule has 1 aromatic carbocycles. The Hall–Kier alpha value is -0.680. The van der Waals surface area contributed by atoms with Gasteiger partial charge >= 0.3 is 0 Å². The molecular weight excluding hydrogens is 263 g/mol. The van der Waals surface area contributed by atoms with E-state index in [1.807, 2.05) is 0 Å². The van der Waals surface area contributed by atoms with Crippen molar-refractivity contribution in [1.82, 2.24) is 0 Å². The van der Waals surface area contributed by atoms with Crippen LogP contribution in [0.1, 0.15) is 0 Å². The molecule has 0 fully saturated rings. The summed E-state index contributed by atoms with van der Waals surface area (Å²) >= 11 is 11.7. The third-order valence-electron chi connectivity index (χ3n) is 2.09. The monoisotopic (exact) mass is 278 g/mol. The standard InChI is InChI=1S/C11H16Cl2N2O2/c1-16-4-5-17-3-2-15-11-7-9(13)8(12)6-10(11)14/h6-7,15H,2-5,14H2,1H3. The quantitative estimate of drug-likeness (QED) is 0.595. The van der Waals surface area contributed by atoms with Crippen LogP contribution in [0.3, 0.4) is 0 Å². The maximum absolute atomic E-state index is 5.89. The van der Waals surface area contributed by atoms with Gasteiger partial charge < -0.3 is 20.5 Å². The van der Waals surface area contributed by atoms with E-state index in [0.29, 0.717) is 42.1 Å². The summed E-state index contributed by atoms with van der Waals surface area (Å²) in [5, 5.41) is 4.05. The van der Waals surface area contributed by atoms with Gasteiger partial charge in [0.25, 0.3) is 0 Å².